The van der Waals surface area contributed by atoms with Crippen LogP contribution in [0.5, 0.6) is 5.75 Å². The first-order chi connectivity index (χ1) is 9.52. The average molecular weight is 309 g/mol. The highest BCUT2D eigenvalue weighted by molar-refractivity contribution is 7.07. The first kappa shape index (κ1) is 13.6. The SMILES string of the molecule is CC(C)c1cc2cc(Cl)c(OCc3cn(C)s3)cc2[nH]1. The number of aromatic nitrogens is 2. The van der Waals surface area contributed by atoms with Gasteiger partial charge in [0.25, 0.3) is 0 Å². The number of aryl methyl sites for hydroxylation is 1. The van der Waals surface area contributed by atoms with E-state index in [-0.39, 0.29) is 0 Å². The fraction of sp³-hybridized carbons (Fsp3) is 0.333. The Labute approximate surface area is 127 Å². The van der Waals surface area contributed by atoms with Crippen molar-refractivity contribution in [2.24, 2.45) is 7.05 Å². The van der Waals surface area contributed by atoms with Crippen LogP contribution in [0.3, 0.4) is 0 Å². The van der Waals surface area contributed by atoms with Crippen molar-refractivity contribution < 1.29 is 4.74 Å². The molecule has 2 heterocycles. The lowest BCUT2D eigenvalue weighted by Crippen LogP contribution is -2.01. The summed E-state index contributed by atoms with van der Waals surface area (Å²) in [6.07, 6.45) is 2.06. The number of nitrogens with one attached hydrogen (secondary N) is 1. The van der Waals surface area contributed by atoms with E-state index in [0.717, 1.165) is 16.7 Å². The Bertz CT molecular complexity index is 726. The largest absolute Gasteiger partial charge is 0.486 e. The molecule has 0 fully saturated rings. The topological polar surface area (TPSA) is 29.9 Å². The van der Waals surface area contributed by atoms with E-state index in [4.69, 9.17) is 16.3 Å². The molecule has 2 aromatic heterocycles. The van der Waals surface area contributed by atoms with Gasteiger partial charge < -0.3 is 13.7 Å². The highest BCUT2D eigenvalue weighted by Crippen LogP contribution is 2.32. The van der Waals surface area contributed by atoms with Gasteiger partial charge in [0.05, 0.1) is 9.90 Å². The molecule has 0 spiro atoms. The predicted molar refractivity (Wildman–Crippen MR) is 85.0 cm³/mol. The van der Waals surface area contributed by atoms with Gasteiger partial charge >= 0.3 is 0 Å². The smallest absolute Gasteiger partial charge is 0.140 e. The molecule has 0 saturated heterocycles. The van der Waals surface area contributed by atoms with Gasteiger partial charge in [0.15, 0.2) is 0 Å². The van der Waals surface area contributed by atoms with Gasteiger partial charge in [-0.05, 0) is 18.1 Å². The van der Waals surface area contributed by atoms with Gasteiger partial charge in [-0.3, -0.25) is 0 Å². The summed E-state index contributed by atoms with van der Waals surface area (Å²) in [6, 6.07) is 6.09. The lowest BCUT2D eigenvalue weighted by atomic mass is 10.1. The Kier molecular flexibility index (Phi) is 3.52. The number of H-pyrrole nitrogens is 1. The molecular weight excluding hydrogens is 292 g/mol. The molecule has 0 saturated carbocycles. The first-order valence-electron chi connectivity index (χ1n) is 6.59. The molecular formula is C15H17ClN2OS. The molecule has 1 N–H and O–H groups in total. The number of hydrogen-bond acceptors (Lipinski definition) is 2. The van der Waals surface area contributed by atoms with Crippen LogP contribution in [0.1, 0.15) is 30.3 Å². The van der Waals surface area contributed by atoms with Crippen LogP contribution >= 0.6 is 23.1 Å². The maximum atomic E-state index is 6.29. The lowest BCUT2D eigenvalue weighted by molar-refractivity contribution is 0.308. The van der Waals surface area contributed by atoms with Crippen LogP contribution in [0.4, 0.5) is 0 Å². The summed E-state index contributed by atoms with van der Waals surface area (Å²) >= 11 is 7.97. The van der Waals surface area contributed by atoms with Gasteiger partial charge in [-0.2, -0.15) is 0 Å². The average Bonchev–Trinajstić information content (AvgIpc) is 2.76. The molecule has 0 bridgehead atoms. The van der Waals surface area contributed by atoms with Gasteiger partial charge in [-0.15, -0.1) is 0 Å². The van der Waals surface area contributed by atoms with Crippen molar-refractivity contribution in [2.45, 2.75) is 26.4 Å². The second-order valence-corrected chi connectivity index (χ2v) is 6.96. The third kappa shape index (κ3) is 2.58. The summed E-state index contributed by atoms with van der Waals surface area (Å²) in [4.78, 5) is 4.63. The van der Waals surface area contributed by atoms with E-state index in [2.05, 4.69) is 31.1 Å². The summed E-state index contributed by atoms with van der Waals surface area (Å²) < 4.78 is 7.84. The third-order valence-electron chi connectivity index (χ3n) is 3.27. The molecule has 106 valence electrons. The third-order valence-corrected chi connectivity index (χ3v) is 4.42. The molecule has 0 amide bonds. The van der Waals surface area contributed by atoms with Crippen molar-refractivity contribution in [1.29, 1.82) is 0 Å². The highest BCUT2D eigenvalue weighted by Gasteiger charge is 2.10. The molecule has 0 unspecified atom stereocenters. The fourth-order valence-electron chi connectivity index (χ4n) is 2.18. The summed E-state index contributed by atoms with van der Waals surface area (Å²) in [6.45, 7) is 4.90. The Morgan fingerprint density at radius 2 is 2.10 bits per heavy atom. The van der Waals surface area contributed by atoms with Crippen LogP contribution < -0.4 is 4.74 Å². The molecule has 0 aliphatic heterocycles. The standard InChI is InChI=1S/C15H17ClN2OS/c1-9(2)13-5-10-4-12(16)15(6-14(10)17-13)19-8-11-7-18(3)20-11/h4-7,9,17H,8H2,1-3H3. The number of hydrogen-bond donors (Lipinski definition) is 1. The Morgan fingerprint density at radius 3 is 2.75 bits per heavy atom. The van der Waals surface area contributed by atoms with E-state index in [9.17, 15) is 0 Å². The van der Waals surface area contributed by atoms with Crippen molar-refractivity contribution in [3.63, 3.8) is 0 Å². The predicted octanol–water partition coefficient (Wildman–Crippen LogP) is 4.92. The van der Waals surface area contributed by atoms with Crippen molar-refractivity contribution in [3.05, 3.63) is 40.0 Å². The highest BCUT2D eigenvalue weighted by atomic mass is 35.5. The molecule has 5 heteroatoms. The molecule has 3 rings (SSSR count). The monoisotopic (exact) mass is 308 g/mol. The Hall–Kier alpha value is -1.39. The van der Waals surface area contributed by atoms with Gasteiger partial charge in [-0.25, -0.2) is 0 Å². The minimum absolute atomic E-state index is 0.470. The van der Waals surface area contributed by atoms with Crippen LogP contribution in [-0.4, -0.2) is 8.94 Å². The van der Waals surface area contributed by atoms with E-state index in [1.165, 1.54) is 10.6 Å². The molecule has 0 atom stereocenters. The van der Waals surface area contributed by atoms with Crippen LogP contribution in [0.2, 0.25) is 5.02 Å². The fourth-order valence-corrected chi connectivity index (χ4v) is 3.11. The zero-order valence-corrected chi connectivity index (χ0v) is 13.3. The molecule has 3 nitrogen and oxygen atoms in total. The Morgan fingerprint density at radius 1 is 1.35 bits per heavy atom. The van der Waals surface area contributed by atoms with E-state index < -0.39 is 0 Å². The number of ether oxygens (including phenoxy) is 1. The van der Waals surface area contributed by atoms with E-state index in [1.807, 2.05) is 23.1 Å². The molecule has 0 aliphatic rings. The first-order valence-corrected chi connectivity index (χ1v) is 7.74. The number of fused-ring (bicyclic) bond motifs is 1. The number of halogens is 1. The van der Waals surface area contributed by atoms with Crippen LogP contribution in [0.15, 0.2) is 24.4 Å². The van der Waals surface area contributed by atoms with E-state index >= 15 is 0 Å². The molecule has 3 aromatic rings. The number of rotatable bonds is 4. The minimum Gasteiger partial charge on any atom is -0.486 e. The van der Waals surface area contributed by atoms with Crippen molar-refractivity contribution >= 4 is 34.0 Å². The quantitative estimate of drug-likeness (QED) is 0.728. The van der Waals surface area contributed by atoms with Gasteiger partial charge in [0, 0.05) is 35.9 Å². The maximum Gasteiger partial charge on any atom is 0.140 e. The van der Waals surface area contributed by atoms with E-state index in [0.29, 0.717) is 17.5 Å². The molecule has 1 aromatic carbocycles. The summed E-state index contributed by atoms with van der Waals surface area (Å²) in [5, 5.41) is 1.79. The number of nitrogens with zero attached hydrogens (tertiary/aromatic N) is 1. The molecule has 20 heavy (non-hydrogen) atoms. The lowest BCUT2D eigenvalue weighted by Gasteiger charge is -2.11. The summed E-state index contributed by atoms with van der Waals surface area (Å²) in [5.74, 6) is 1.20. The van der Waals surface area contributed by atoms with Gasteiger partial charge in [0.1, 0.15) is 12.4 Å². The zero-order chi connectivity index (χ0) is 14.3. The second-order valence-electron chi connectivity index (χ2n) is 5.27. The number of benzene rings is 1. The normalized spacial score (nSPS) is 11.7. The van der Waals surface area contributed by atoms with Gasteiger partial charge in [-0.1, -0.05) is 37.0 Å². The Balaban J connectivity index is 1.85. The van der Waals surface area contributed by atoms with Crippen molar-refractivity contribution in [2.75, 3.05) is 0 Å². The van der Waals surface area contributed by atoms with Crippen LogP contribution in [0.25, 0.3) is 10.9 Å². The minimum atomic E-state index is 0.470. The van der Waals surface area contributed by atoms with E-state index in [1.54, 1.807) is 11.5 Å². The summed E-state index contributed by atoms with van der Waals surface area (Å²) in [5.41, 5.74) is 2.28. The van der Waals surface area contributed by atoms with Crippen molar-refractivity contribution in [1.82, 2.24) is 8.94 Å². The van der Waals surface area contributed by atoms with Crippen LogP contribution in [0, 0.1) is 0 Å². The number of aromatic amines is 1. The van der Waals surface area contributed by atoms with Gasteiger partial charge in [0.2, 0.25) is 0 Å². The zero-order valence-electron chi connectivity index (χ0n) is 11.7. The second kappa shape index (κ2) is 5.19. The van der Waals surface area contributed by atoms with Crippen molar-refractivity contribution in [3.8, 4) is 5.75 Å². The molecule has 0 aliphatic carbocycles. The molecule has 0 radical (unpaired) electrons. The maximum absolute atomic E-state index is 6.29. The van der Waals surface area contributed by atoms with Crippen LogP contribution in [-0.2, 0) is 13.7 Å². The summed E-state index contributed by atoms with van der Waals surface area (Å²) in [7, 11) is 2.01.